The summed E-state index contributed by atoms with van der Waals surface area (Å²) in [5.74, 6) is -0.850. The fraction of sp³-hybridized carbons (Fsp3) is 0.364. The molecule has 0 aliphatic heterocycles. The van der Waals surface area contributed by atoms with Gasteiger partial charge in [0, 0.05) is 6.54 Å². The van der Waals surface area contributed by atoms with Gasteiger partial charge < -0.3 is 5.32 Å². The SMILES string of the molecule is NS(=O)(=O)CCCNC(=O)Cc1cccc(F)c1. The first-order valence-corrected chi connectivity index (χ1v) is 7.10. The van der Waals surface area contributed by atoms with Crippen molar-refractivity contribution in [2.24, 2.45) is 5.14 Å². The first-order valence-electron chi connectivity index (χ1n) is 5.38. The number of rotatable bonds is 6. The molecular weight excluding hydrogens is 259 g/mol. The fourth-order valence-electron chi connectivity index (χ4n) is 1.40. The van der Waals surface area contributed by atoms with Crippen molar-refractivity contribution < 1.29 is 17.6 Å². The van der Waals surface area contributed by atoms with Gasteiger partial charge in [0.05, 0.1) is 12.2 Å². The summed E-state index contributed by atoms with van der Waals surface area (Å²) in [6.45, 7) is 0.227. The molecule has 0 saturated heterocycles. The van der Waals surface area contributed by atoms with Crippen LogP contribution in [0.4, 0.5) is 4.39 Å². The van der Waals surface area contributed by atoms with Crippen molar-refractivity contribution in [3.63, 3.8) is 0 Å². The molecule has 1 rings (SSSR count). The smallest absolute Gasteiger partial charge is 0.224 e. The lowest BCUT2D eigenvalue weighted by atomic mass is 10.1. The van der Waals surface area contributed by atoms with Crippen LogP contribution in [0.5, 0.6) is 0 Å². The van der Waals surface area contributed by atoms with Crippen LogP contribution in [0.3, 0.4) is 0 Å². The number of halogens is 1. The van der Waals surface area contributed by atoms with Gasteiger partial charge in [-0.3, -0.25) is 4.79 Å². The molecule has 0 fully saturated rings. The van der Waals surface area contributed by atoms with Crippen LogP contribution in [0.15, 0.2) is 24.3 Å². The van der Waals surface area contributed by atoms with E-state index in [0.717, 1.165) is 0 Å². The Morgan fingerprint density at radius 2 is 2.11 bits per heavy atom. The molecule has 3 N–H and O–H groups in total. The number of nitrogens with two attached hydrogens (primary N) is 1. The van der Waals surface area contributed by atoms with Crippen LogP contribution in [0.1, 0.15) is 12.0 Å². The summed E-state index contributed by atoms with van der Waals surface area (Å²) < 4.78 is 34.1. The lowest BCUT2D eigenvalue weighted by molar-refractivity contribution is -0.120. The second-order valence-electron chi connectivity index (χ2n) is 3.88. The second-order valence-corrected chi connectivity index (χ2v) is 5.61. The van der Waals surface area contributed by atoms with Gasteiger partial charge >= 0.3 is 0 Å². The van der Waals surface area contributed by atoms with E-state index in [9.17, 15) is 17.6 Å². The number of amides is 1. The lowest BCUT2D eigenvalue weighted by Crippen LogP contribution is -2.28. The molecule has 1 amide bonds. The third kappa shape index (κ3) is 6.31. The van der Waals surface area contributed by atoms with Crippen LogP contribution in [-0.4, -0.2) is 26.6 Å². The highest BCUT2D eigenvalue weighted by molar-refractivity contribution is 7.89. The van der Waals surface area contributed by atoms with Crippen LogP contribution in [0.2, 0.25) is 0 Å². The monoisotopic (exact) mass is 274 g/mol. The van der Waals surface area contributed by atoms with Gasteiger partial charge in [-0.05, 0) is 24.1 Å². The molecule has 0 bridgehead atoms. The minimum Gasteiger partial charge on any atom is -0.356 e. The maximum absolute atomic E-state index is 12.8. The quantitative estimate of drug-likeness (QED) is 0.724. The summed E-state index contributed by atoms with van der Waals surface area (Å²) in [7, 11) is -3.49. The number of benzene rings is 1. The van der Waals surface area contributed by atoms with E-state index in [0.29, 0.717) is 5.56 Å². The van der Waals surface area contributed by atoms with E-state index in [1.165, 1.54) is 18.2 Å². The van der Waals surface area contributed by atoms with Gasteiger partial charge in [0.1, 0.15) is 5.82 Å². The Morgan fingerprint density at radius 1 is 1.39 bits per heavy atom. The number of carbonyl (C=O) groups excluding carboxylic acids is 1. The molecule has 5 nitrogen and oxygen atoms in total. The molecule has 1 aromatic rings. The number of sulfonamides is 1. The standard InChI is InChI=1S/C11H15FN2O3S/c12-10-4-1-3-9(7-10)8-11(15)14-5-2-6-18(13,16)17/h1,3-4,7H,2,5-6,8H2,(H,14,15)(H2,13,16,17). The molecule has 0 aliphatic carbocycles. The Morgan fingerprint density at radius 3 is 2.72 bits per heavy atom. The Hall–Kier alpha value is -1.47. The highest BCUT2D eigenvalue weighted by Gasteiger charge is 2.05. The number of primary sulfonamides is 1. The molecule has 0 atom stereocenters. The number of hydrogen-bond acceptors (Lipinski definition) is 3. The summed E-state index contributed by atoms with van der Waals surface area (Å²) in [5, 5.41) is 7.35. The predicted octanol–water partition coefficient (Wildman–Crippen LogP) is 0.163. The number of carbonyl (C=O) groups is 1. The number of hydrogen-bond donors (Lipinski definition) is 2. The molecule has 1 aromatic carbocycles. The third-order valence-electron chi connectivity index (χ3n) is 2.18. The van der Waals surface area contributed by atoms with Gasteiger partial charge in [-0.25, -0.2) is 17.9 Å². The molecule has 0 saturated carbocycles. The molecular formula is C11H15FN2O3S. The summed E-state index contributed by atoms with van der Waals surface area (Å²) in [5.41, 5.74) is 0.568. The highest BCUT2D eigenvalue weighted by atomic mass is 32.2. The van der Waals surface area contributed by atoms with Crippen LogP contribution >= 0.6 is 0 Å². The maximum Gasteiger partial charge on any atom is 0.224 e. The van der Waals surface area contributed by atoms with E-state index in [1.807, 2.05) is 0 Å². The zero-order valence-electron chi connectivity index (χ0n) is 9.73. The van der Waals surface area contributed by atoms with Crippen molar-refractivity contribution >= 4 is 15.9 Å². The minimum atomic E-state index is -3.49. The molecule has 0 heterocycles. The van der Waals surface area contributed by atoms with Crippen LogP contribution in [-0.2, 0) is 21.2 Å². The summed E-state index contributed by atoms with van der Waals surface area (Å²) in [4.78, 5) is 11.4. The Kier molecular flexibility index (Phi) is 5.24. The van der Waals surface area contributed by atoms with Crippen molar-refractivity contribution in [3.8, 4) is 0 Å². The van der Waals surface area contributed by atoms with Crippen molar-refractivity contribution in [1.82, 2.24) is 5.32 Å². The van der Waals surface area contributed by atoms with Gasteiger partial charge in [-0.1, -0.05) is 12.1 Å². The highest BCUT2D eigenvalue weighted by Crippen LogP contribution is 2.03. The van der Waals surface area contributed by atoms with Gasteiger partial charge in [0.15, 0.2) is 0 Å². The molecule has 0 aliphatic rings. The zero-order valence-corrected chi connectivity index (χ0v) is 10.5. The first kappa shape index (κ1) is 14.6. The van der Waals surface area contributed by atoms with Gasteiger partial charge in [-0.2, -0.15) is 0 Å². The van der Waals surface area contributed by atoms with Gasteiger partial charge in [0.2, 0.25) is 15.9 Å². The maximum atomic E-state index is 12.8. The average molecular weight is 274 g/mol. The fourth-order valence-corrected chi connectivity index (χ4v) is 1.94. The minimum absolute atomic E-state index is 0.0626. The Balaban J connectivity index is 2.30. The average Bonchev–Trinajstić information content (AvgIpc) is 2.23. The van der Waals surface area contributed by atoms with E-state index in [-0.39, 0.29) is 31.0 Å². The first-order chi connectivity index (χ1) is 8.37. The van der Waals surface area contributed by atoms with E-state index in [2.05, 4.69) is 5.32 Å². The summed E-state index contributed by atoms with van der Waals surface area (Å²) in [6.07, 6.45) is 0.320. The van der Waals surface area contributed by atoms with Crippen LogP contribution in [0.25, 0.3) is 0 Å². The van der Waals surface area contributed by atoms with E-state index in [4.69, 9.17) is 5.14 Å². The molecule has 0 unspecified atom stereocenters. The Labute approximate surface area is 105 Å². The van der Waals surface area contributed by atoms with Crippen LogP contribution in [0, 0.1) is 5.82 Å². The molecule has 18 heavy (non-hydrogen) atoms. The summed E-state index contributed by atoms with van der Waals surface area (Å²) in [6, 6.07) is 5.75. The molecule has 0 spiro atoms. The van der Waals surface area contributed by atoms with E-state index < -0.39 is 15.8 Å². The van der Waals surface area contributed by atoms with E-state index in [1.54, 1.807) is 6.07 Å². The van der Waals surface area contributed by atoms with Crippen molar-refractivity contribution in [1.29, 1.82) is 0 Å². The molecule has 0 aromatic heterocycles. The van der Waals surface area contributed by atoms with Gasteiger partial charge in [0.25, 0.3) is 0 Å². The molecule has 7 heteroatoms. The summed E-state index contributed by atoms with van der Waals surface area (Å²) >= 11 is 0. The van der Waals surface area contributed by atoms with Crippen molar-refractivity contribution in [2.45, 2.75) is 12.8 Å². The van der Waals surface area contributed by atoms with Crippen LogP contribution < -0.4 is 10.5 Å². The predicted molar refractivity (Wildman–Crippen MR) is 65.7 cm³/mol. The molecule has 0 radical (unpaired) electrons. The van der Waals surface area contributed by atoms with Crippen molar-refractivity contribution in [2.75, 3.05) is 12.3 Å². The van der Waals surface area contributed by atoms with E-state index >= 15 is 0 Å². The van der Waals surface area contributed by atoms with Crippen molar-refractivity contribution in [3.05, 3.63) is 35.6 Å². The third-order valence-corrected chi connectivity index (χ3v) is 3.04. The lowest BCUT2D eigenvalue weighted by Gasteiger charge is -2.04. The number of nitrogens with one attached hydrogen (secondary N) is 1. The Bertz CT molecular complexity index is 517. The molecule has 100 valence electrons. The largest absolute Gasteiger partial charge is 0.356 e. The normalized spacial score (nSPS) is 11.2. The zero-order chi connectivity index (χ0) is 13.6. The second kappa shape index (κ2) is 6.46. The topological polar surface area (TPSA) is 89.3 Å². The van der Waals surface area contributed by atoms with Gasteiger partial charge in [-0.15, -0.1) is 0 Å².